The van der Waals surface area contributed by atoms with E-state index in [1.54, 1.807) is 0 Å². The molecule has 1 saturated heterocycles. The molecule has 1 aliphatic heterocycles. The van der Waals surface area contributed by atoms with Gasteiger partial charge in [-0.15, -0.1) is 0 Å². The van der Waals surface area contributed by atoms with Crippen molar-refractivity contribution in [2.45, 2.75) is 6.42 Å². The van der Waals surface area contributed by atoms with Gasteiger partial charge in [-0.25, -0.2) is 4.99 Å². The number of rotatable bonds is 1. The topological polar surface area (TPSA) is 78.4 Å². The molecule has 0 saturated carbocycles. The van der Waals surface area contributed by atoms with Gasteiger partial charge in [-0.2, -0.15) is 0 Å². The maximum Gasteiger partial charge on any atom is 0.247 e. The summed E-state index contributed by atoms with van der Waals surface area (Å²) in [6.07, 6.45) is 1.06. The molecule has 0 amide bonds. The third-order valence-corrected chi connectivity index (χ3v) is 2.76. The molecule has 0 bridgehead atoms. The van der Waals surface area contributed by atoms with E-state index in [1.165, 1.54) is 0 Å². The lowest BCUT2D eigenvalue weighted by atomic mass is 10.3. The van der Waals surface area contributed by atoms with Crippen LogP contribution in [0.15, 0.2) is 45.7 Å². The summed E-state index contributed by atoms with van der Waals surface area (Å²) in [6.45, 7) is 3.73. The minimum absolute atomic E-state index is 0.576. The average Bonchev–Trinajstić information content (AvgIpc) is 2.68. The summed E-state index contributed by atoms with van der Waals surface area (Å²) < 4.78 is 0. The molecule has 1 heterocycles. The third kappa shape index (κ3) is 3.53. The highest BCUT2D eigenvalue weighted by molar-refractivity contribution is 5.83. The van der Waals surface area contributed by atoms with Crippen LogP contribution in [0.5, 0.6) is 0 Å². The summed E-state index contributed by atoms with van der Waals surface area (Å²) in [5, 5.41) is 10.6. The van der Waals surface area contributed by atoms with Gasteiger partial charge in [-0.05, 0) is 25.1 Å². The van der Waals surface area contributed by atoms with Crippen molar-refractivity contribution in [2.24, 2.45) is 21.2 Å². The number of hydrogen-bond donors (Lipinski definition) is 2. The zero-order valence-corrected chi connectivity index (χ0v) is 10.3. The van der Waals surface area contributed by atoms with Gasteiger partial charge in [0.1, 0.15) is 0 Å². The van der Waals surface area contributed by atoms with E-state index in [-0.39, 0.29) is 0 Å². The SMILES string of the molecule is NN=NC(=Nc1ccccc1)N1CCCNCC1. The average molecular weight is 246 g/mol. The molecular weight excluding hydrogens is 228 g/mol. The highest BCUT2D eigenvalue weighted by atomic mass is 15.4. The van der Waals surface area contributed by atoms with Crippen molar-refractivity contribution in [1.82, 2.24) is 10.2 Å². The fourth-order valence-electron chi connectivity index (χ4n) is 1.87. The standard InChI is InChI=1S/C12H18N6/c13-17-16-12(15-11-5-2-1-3-6-11)18-9-4-7-14-8-10-18/h1-3,5-6,14H,4,7-10H2,(H2,13,15,16). The molecule has 0 aromatic heterocycles. The maximum atomic E-state index is 5.16. The van der Waals surface area contributed by atoms with Crippen LogP contribution in [-0.2, 0) is 0 Å². The van der Waals surface area contributed by atoms with Gasteiger partial charge in [-0.3, -0.25) is 0 Å². The molecule has 18 heavy (non-hydrogen) atoms. The minimum Gasteiger partial charge on any atom is -0.338 e. The lowest BCUT2D eigenvalue weighted by molar-refractivity contribution is 0.439. The molecule has 0 aliphatic carbocycles. The summed E-state index contributed by atoms with van der Waals surface area (Å²) in [6, 6.07) is 9.71. The van der Waals surface area contributed by atoms with Gasteiger partial charge in [0.15, 0.2) is 0 Å². The van der Waals surface area contributed by atoms with Crippen LogP contribution in [0.3, 0.4) is 0 Å². The van der Waals surface area contributed by atoms with Crippen LogP contribution in [0.4, 0.5) is 5.69 Å². The highest BCUT2D eigenvalue weighted by Gasteiger charge is 2.13. The van der Waals surface area contributed by atoms with Crippen molar-refractivity contribution >= 4 is 11.6 Å². The Balaban J connectivity index is 2.19. The van der Waals surface area contributed by atoms with Gasteiger partial charge >= 0.3 is 0 Å². The van der Waals surface area contributed by atoms with Crippen molar-refractivity contribution in [1.29, 1.82) is 0 Å². The third-order valence-electron chi connectivity index (χ3n) is 2.76. The van der Waals surface area contributed by atoms with E-state index < -0.39 is 0 Å². The molecule has 1 fully saturated rings. The van der Waals surface area contributed by atoms with Crippen molar-refractivity contribution in [3.8, 4) is 0 Å². The summed E-state index contributed by atoms with van der Waals surface area (Å²) in [7, 11) is 0. The predicted molar refractivity (Wildman–Crippen MR) is 71.6 cm³/mol. The molecule has 0 spiro atoms. The zero-order valence-electron chi connectivity index (χ0n) is 10.3. The molecule has 0 unspecified atom stereocenters. The molecule has 1 aromatic carbocycles. The van der Waals surface area contributed by atoms with Crippen molar-refractivity contribution in [3.05, 3.63) is 30.3 Å². The van der Waals surface area contributed by atoms with E-state index in [4.69, 9.17) is 5.84 Å². The van der Waals surface area contributed by atoms with Crippen molar-refractivity contribution < 1.29 is 0 Å². The number of guanidine groups is 1. The lowest BCUT2D eigenvalue weighted by Crippen LogP contribution is -2.33. The number of hydrogen-bond acceptors (Lipinski definition) is 3. The Hall–Kier alpha value is -1.95. The molecular formula is C12H18N6. The molecule has 2 rings (SSSR count). The first-order valence-corrected chi connectivity index (χ1v) is 6.10. The molecule has 6 heteroatoms. The van der Waals surface area contributed by atoms with Crippen LogP contribution >= 0.6 is 0 Å². The molecule has 3 N–H and O–H groups in total. The Bertz CT molecular complexity index is 406. The van der Waals surface area contributed by atoms with E-state index >= 15 is 0 Å². The van der Waals surface area contributed by atoms with Gasteiger partial charge in [0.2, 0.25) is 5.96 Å². The zero-order chi connectivity index (χ0) is 12.6. The number of nitrogens with two attached hydrogens (primary N) is 1. The van der Waals surface area contributed by atoms with Gasteiger partial charge in [0, 0.05) is 19.6 Å². The summed E-state index contributed by atoms with van der Waals surface area (Å²) in [4.78, 5) is 6.59. The second kappa shape index (κ2) is 6.70. The van der Waals surface area contributed by atoms with E-state index in [0.29, 0.717) is 5.96 Å². The van der Waals surface area contributed by atoms with Crippen LogP contribution in [0.25, 0.3) is 0 Å². The van der Waals surface area contributed by atoms with Crippen LogP contribution in [-0.4, -0.2) is 37.0 Å². The summed E-state index contributed by atoms with van der Waals surface area (Å²) >= 11 is 0. The van der Waals surface area contributed by atoms with E-state index in [9.17, 15) is 0 Å². The van der Waals surface area contributed by atoms with Gasteiger partial charge < -0.3 is 16.1 Å². The van der Waals surface area contributed by atoms with Crippen LogP contribution in [0.1, 0.15) is 6.42 Å². The molecule has 6 nitrogen and oxygen atoms in total. The maximum absolute atomic E-state index is 5.16. The van der Waals surface area contributed by atoms with Crippen LogP contribution in [0.2, 0.25) is 0 Å². The first kappa shape index (κ1) is 12.5. The molecule has 1 aromatic rings. The highest BCUT2D eigenvalue weighted by Crippen LogP contribution is 2.12. The number of aliphatic imine (C=N–C) groups is 1. The smallest absolute Gasteiger partial charge is 0.247 e. The Morgan fingerprint density at radius 1 is 1.17 bits per heavy atom. The number of para-hydroxylation sites is 1. The van der Waals surface area contributed by atoms with Gasteiger partial charge in [0.25, 0.3) is 0 Å². The van der Waals surface area contributed by atoms with E-state index in [1.807, 2.05) is 30.3 Å². The van der Waals surface area contributed by atoms with Crippen molar-refractivity contribution in [3.63, 3.8) is 0 Å². The Labute approximate surface area is 107 Å². The number of nitrogens with zero attached hydrogens (tertiary/aromatic N) is 4. The molecule has 96 valence electrons. The fourth-order valence-corrected chi connectivity index (χ4v) is 1.87. The first-order valence-electron chi connectivity index (χ1n) is 6.10. The molecule has 1 aliphatic rings. The lowest BCUT2D eigenvalue weighted by Gasteiger charge is -2.19. The summed E-state index contributed by atoms with van der Waals surface area (Å²) in [5.41, 5.74) is 0.858. The first-order chi connectivity index (χ1) is 8.90. The fraction of sp³-hybridized carbons (Fsp3) is 0.417. The molecule has 0 atom stereocenters. The van der Waals surface area contributed by atoms with Crippen LogP contribution in [0, 0.1) is 0 Å². The Kier molecular flexibility index (Phi) is 4.66. The normalized spacial score (nSPS) is 18.0. The second-order valence-corrected chi connectivity index (χ2v) is 4.05. The quantitative estimate of drug-likeness (QED) is 0.258. The predicted octanol–water partition coefficient (Wildman–Crippen LogP) is 1.30. The van der Waals surface area contributed by atoms with Gasteiger partial charge in [0.05, 0.1) is 5.69 Å². The second-order valence-electron chi connectivity index (χ2n) is 4.05. The summed E-state index contributed by atoms with van der Waals surface area (Å²) in [5.74, 6) is 5.74. The largest absolute Gasteiger partial charge is 0.338 e. The van der Waals surface area contributed by atoms with Crippen LogP contribution < -0.4 is 11.2 Å². The number of nitrogens with one attached hydrogen (secondary N) is 1. The van der Waals surface area contributed by atoms with E-state index in [2.05, 4.69) is 25.5 Å². The van der Waals surface area contributed by atoms with E-state index in [0.717, 1.165) is 38.3 Å². The molecule has 0 radical (unpaired) electrons. The van der Waals surface area contributed by atoms with Crippen molar-refractivity contribution in [2.75, 3.05) is 26.2 Å². The Morgan fingerprint density at radius 2 is 2.00 bits per heavy atom. The Morgan fingerprint density at radius 3 is 2.78 bits per heavy atom. The van der Waals surface area contributed by atoms with Gasteiger partial charge in [-0.1, -0.05) is 28.5 Å². The number of benzene rings is 1. The minimum atomic E-state index is 0.576. The monoisotopic (exact) mass is 246 g/mol.